The van der Waals surface area contributed by atoms with Crippen molar-refractivity contribution < 1.29 is 23.1 Å². The maximum atomic E-state index is 13.0. The fourth-order valence-electron chi connectivity index (χ4n) is 2.93. The third-order valence-electron chi connectivity index (χ3n) is 4.42. The van der Waals surface area contributed by atoms with Crippen molar-refractivity contribution in [2.24, 2.45) is 0 Å². The first kappa shape index (κ1) is 18.0. The van der Waals surface area contributed by atoms with E-state index < -0.39 is 0 Å². The van der Waals surface area contributed by atoms with Gasteiger partial charge in [0.1, 0.15) is 5.82 Å². The lowest BCUT2D eigenvalue weighted by Gasteiger charge is -2.05. The maximum absolute atomic E-state index is 13.0. The predicted octanol–water partition coefficient (Wildman–Crippen LogP) is 3.50. The number of rotatable bonds is 7. The molecule has 28 heavy (non-hydrogen) atoms. The highest BCUT2D eigenvalue weighted by molar-refractivity contribution is 5.76. The number of carbonyl (C=O) groups excluding carboxylic acids is 1. The van der Waals surface area contributed by atoms with Crippen molar-refractivity contribution in [1.82, 2.24) is 10.3 Å². The fourth-order valence-corrected chi connectivity index (χ4v) is 2.93. The smallest absolute Gasteiger partial charge is 0.231 e. The van der Waals surface area contributed by atoms with Gasteiger partial charge >= 0.3 is 0 Å². The van der Waals surface area contributed by atoms with Gasteiger partial charge in [-0.25, -0.2) is 9.37 Å². The molecule has 4 rings (SSSR count). The molecule has 1 aliphatic heterocycles. The van der Waals surface area contributed by atoms with E-state index in [1.807, 2.05) is 18.2 Å². The Morgan fingerprint density at radius 1 is 1.07 bits per heavy atom. The summed E-state index contributed by atoms with van der Waals surface area (Å²) in [5, 5.41) is 2.89. The van der Waals surface area contributed by atoms with Crippen LogP contribution in [0.15, 0.2) is 53.1 Å². The number of benzene rings is 2. The molecule has 6 nitrogen and oxygen atoms in total. The second kappa shape index (κ2) is 8.12. The van der Waals surface area contributed by atoms with Crippen LogP contribution in [0, 0.1) is 5.82 Å². The van der Waals surface area contributed by atoms with E-state index in [0.717, 1.165) is 22.6 Å². The van der Waals surface area contributed by atoms with E-state index in [2.05, 4.69) is 10.3 Å². The predicted molar refractivity (Wildman–Crippen MR) is 99.5 cm³/mol. The van der Waals surface area contributed by atoms with Gasteiger partial charge in [-0.15, -0.1) is 0 Å². The largest absolute Gasteiger partial charge is 0.454 e. The van der Waals surface area contributed by atoms with E-state index in [1.54, 1.807) is 18.3 Å². The molecule has 0 saturated heterocycles. The van der Waals surface area contributed by atoms with Gasteiger partial charge in [-0.3, -0.25) is 4.79 Å². The molecule has 7 heteroatoms. The molecular weight excluding hydrogens is 363 g/mol. The monoisotopic (exact) mass is 382 g/mol. The molecule has 2 aromatic carbocycles. The van der Waals surface area contributed by atoms with Gasteiger partial charge in [-0.05, 0) is 48.4 Å². The van der Waals surface area contributed by atoms with Crippen LogP contribution in [0.3, 0.4) is 0 Å². The van der Waals surface area contributed by atoms with Crippen molar-refractivity contribution in [3.05, 3.63) is 65.9 Å². The lowest BCUT2D eigenvalue weighted by molar-refractivity contribution is -0.121. The number of aromatic nitrogens is 1. The number of amides is 1. The Labute approximate surface area is 161 Å². The Bertz CT molecular complexity index is 969. The minimum atomic E-state index is -0.305. The molecule has 1 aromatic heterocycles. The highest BCUT2D eigenvalue weighted by Crippen LogP contribution is 2.32. The summed E-state index contributed by atoms with van der Waals surface area (Å²) in [5.74, 6) is 2.15. The highest BCUT2D eigenvalue weighted by atomic mass is 19.1. The molecule has 0 radical (unpaired) electrons. The zero-order valence-electron chi connectivity index (χ0n) is 15.1. The molecule has 0 bridgehead atoms. The summed E-state index contributed by atoms with van der Waals surface area (Å²) in [5.41, 5.74) is 1.81. The number of carbonyl (C=O) groups is 1. The molecule has 1 aliphatic rings. The Morgan fingerprint density at radius 3 is 2.75 bits per heavy atom. The van der Waals surface area contributed by atoms with E-state index in [1.165, 1.54) is 12.1 Å². The minimum absolute atomic E-state index is 0.0673. The molecular formula is C21H19FN2O4. The van der Waals surface area contributed by atoms with Crippen LogP contribution < -0.4 is 14.8 Å². The molecule has 0 unspecified atom stereocenters. The van der Waals surface area contributed by atoms with Crippen LogP contribution >= 0.6 is 0 Å². The van der Waals surface area contributed by atoms with Crippen LogP contribution in [0.25, 0.3) is 11.3 Å². The highest BCUT2D eigenvalue weighted by Gasteiger charge is 2.13. The fraction of sp³-hybridized carbons (Fsp3) is 0.238. The third-order valence-corrected chi connectivity index (χ3v) is 4.42. The van der Waals surface area contributed by atoms with Gasteiger partial charge in [0.05, 0.1) is 6.20 Å². The van der Waals surface area contributed by atoms with Crippen molar-refractivity contribution in [2.45, 2.75) is 19.3 Å². The molecule has 2 heterocycles. The standard InChI is InChI=1S/C21H19FN2O4/c22-16-4-2-15(3-5-16)19-12-24-21(28-19)8-7-20(25)23-10-9-14-1-6-17-18(11-14)27-13-26-17/h1-6,11-12H,7-10,13H2,(H,23,25). The SMILES string of the molecule is O=C(CCc1ncc(-c2ccc(F)cc2)o1)NCCc1ccc2c(c1)OCO2. The van der Waals surface area contributed by atoms with Gasteiger partial charge in [0, 0.05) is 24.9 Å². The number of hydrogen-bond donors (Lipinski definition) is 1. The van der Waals surface area contributed by atoms with Crippen LogP contribution in [0.4, 0.5) is 4.39 Å². The van der Waals surface area contributed by atoms with Gasteiger partial charge in [-0.2, -0.15) is 0 Å². The molecule has 0 aliphatic carbocycles. The molecule has 0 spiro atoms. The second-order valence-corrected chi connectivity index (χ2v) is 6.41. The maximum Gasteiger partial charge on any atom is 0.231 e. The topological polar surface area (TPSA) is 73.6 Å². The number of ether oxygens (including phenoxy) is 2. The normalized spacial score (nSPS) is 12.2. The van der Waals surface area contributed by atoms with Crippen molar-refractivity contribution >= 4 is 5.91 Å². The number of hydrogen-bond acceptors (Lipinski definition) is 5. The Hall–Kier alpha value is -3.35. The first-order valence-corrected chi connectivity index (χ1v) is 9.03. The van der Waals surface area contributed by atoms with Crippen molar-refractivity contribution in [3.8, 4) is 22.8 Å². The second-order valence-electron chi connectivity index (χ2n) is 6.41. The Morgan fingerprint density at radius 2 is 1.89 bits per heavy atom. The summed E-state index contributed by atoms with van der Waals surface area (Å²) < 4.78 is 29.3. The van der Waals surface area contributed by atoms with Crippen molar-refractivity contribution in [1.29, 1.82) is 0 Å². The quantitative estimate of drug-likeness (QED) is 0.677. The van der Waals surface area contributed by atoms with Crippen LogP contribution in [0.2, 0.25) is 0 Å². The lowest BCUT2D eigenvalue weighted by Crippen LogP contribution is -2.25. The van der Waals surface area contributed by atoms with E-state index in [0.29, 0.717) is 31.0 Å². The molecule has 3 aromatic rings. The average molecular weight is 382 g/mol. The summed E-state index contributed by atoms with van der Waals surface area (Å²) in [6, 6.07) is 11.8. The molecule has 0 saturated carbocycles. The number of nitrogens with one attached hydrogen (secondary N) is 1. The van der Waals surface area contributed by atoms with E-state index >= 15 is 0 Å². The van der Waals surface area contributed by atoms with Crippen molar-refractivity contribution in [3.63, 3.8) is 0 Å². The van der Waals surface area contributed by atoms with Gasteiger partial charge in [-0.1, -0.05) is 6.07 Å². The Kier molecular flexibility index (Phi) is 5.23. The van der Waals surface area contributed by atoms with Gasteiger partial charge in [0.15, 0.2) is 23.1 Å². The molecule has 144 valence electrons. The van der Waals surface area contributed by atoms with Gasteiger partial charge in [0.25, 0.3) is 0 Å². The summed E-state index contributed by atoms with van der Waals surface area (Å²) in [6.45, 7) is 0.782. The van der Waals surface area contributed by atoms with Crippen LogP contribution in [-0.2, 0) is 17.6 Å². The summed E-state index contributed by atoms with van der Waals surface area (Å²) in [4.78, 5) is 16.2. The van der Waals surface area contributed by atoms with Gasteiger partial charge in [0.2, 0.25) is 12.7 Å². The summed E-state index contributed by atoms with van der Waals surface area (Å²) in [6.07, 6.45) is 2.97. The first-order valence-electron chi connectivity index (χ1n) is 9.03. The molecule has 1 amide bonds. The number of oxazole rings is 1. The number of aryl methyl sites for hydroxylation is 1. The zero-order chi connectivity index (χ0) is 19.3. The number of halogens is 1. The molecule has 1 N–H and O–H groups in total. The number of nitrogens with zero attached hydrogens (tertiary/aromatic N) is 1. The Balaban J connectivity index is 1.22. The zero-order valence-corrected chi connectivity index (χ0v) is 15.1. The van der Waals surface area contributed by atoms with Crippen LogP contribution in [-0.4, -0.2) is 24.2 Å². The molecule has 0 atom stereocenters. The average Bonchev–Trinajstić information content (AvgIpc) is 3.36. The summed E-state index contributed by atoms with van der Waals surface area (Å²) >= 11 is 0. The molecule has 0 fully saturated rings. The van der Waals surface area contributed by atoms with E-state index in [-0.39, 0.29) is 24.9 Å². The minimum Gasteiger partial charge on any atom is -0.454 e. The van der Waals surface area contributed by atoms with E-state index in [9.17, 15) is 9.18 Å². The number of fused-ring (bicyclic) bond motifs is 1. The lowest BCUT2D eigenvalue weighted by atomic mass is 10.1. The van der Waals surface area contributed by atoms with Gasteiger partial charge < -0.3 is 19.2 Å². The third kappa shape index (κ3) is 4.31. The van der Waals surface area contributed by atoms with E-state index in [4.69, 9.17) is 13.9 Å². The van der Waals surface area contributed by atoms with Crippen LogP contribution in [0.5, 0.6) is 11.5 Å². The first-order chi connectivity index (χ1) is 13.7. The van der Waals surface area contributed by atoms with Crippen molar-refractivity contribution in [2.75, 3.05) is 13.3 Å². The van der Waals surface area contributed by atoms with Crippen LogP contribution in [0.1, 0.15) is 17.9 Å². The summed E-state index contributed by atoms with van der Waals surface area (Å²) in [7, 11) is 0.